The standard InChI is InChI=1S/C18H18BrClN4O2/c19-15-14-16(20)21-8-10-24(14)17(22-15)13-7-4-9-23(13)18(25)26-11-12-5-2-1-3-6-12/h2,5-6,8,10,13H,1,3-4,7,9,11H2. The molecule has 4 rings (SSSR count). The van der Waals surface area contributed by atoms with Crippen molar-refractivity contribution < 1.29 is 9.53 Å². The summed E-state index contributed by atoms with van der Waals surface area (Å²) in [5.74, 6) is 0.766. The lowest BCUT2D eigenvalue weighted by molar-refractivity contribution is 0.105. The van der Waals surface area contributed by atoms with Crippen LogP contribution >= 0.6 is 27.5 Å². The molecule has 1 fully saturated rings. The van der Waals surface area contributed by atoms with E-state index in [1.165, 1.54) is 0 Å². The highest BCUT2D eigenvalue weighted by Crippen LogP contribution is 2.35. The van der Waals surface area contributed by atoms with E-state index in [0.29, 0.717) is 28.4 Å². The maximum atomic E-state index is 12.6. The van der Waals surface area contributed by atoms with Crippen LogP contribution in [-0.2, 0) is 4.74 Å². The minimum Gasteiger partial charge on any atom is -0.445 e. The Morgan fingerprint density at radius 2 is 2.31 bits per heavy atom. The van der Waals surface area contributed by atoms with Crippen molar-refractivity contribution in [3.63, 3.8) is 0 Å². The Morgan fingerprint density at radius 3 is 3.12 bits per heavy atom. The van der Waals surface area contributed by atoms with Gasteiger partial charge in [0.15, 0.2) is 5.15 Å². The molecule has 1 saturated heterocycles. The second kappa shape index (κ2) is 7.40. The summed E-state index contributed by atoms with van der Waals surface area (Å²) in [6, 6.07) is -0.143. The number of hydrogen-bond acceptors (Lipinski definition) is 4. The molecule has 2 aromatic heterocycles. The molecule has 26 heavy (non-hydrogen) atoms. The summed E-state index contributed by atoms with van der Waals surface area (Å²) in [5, 5.41) is 0.376. The second-order valence-corrected chi connectivity index (χ2v) is 7.47. The van der Waals surface area contributed by atoms with E-state index in [1.54, 1.807) is 11.1 Å². The summed E-state index contributed by atoms with van der Waals surface area (Å²) < 4.78 is 8.06. The number of allylic oxidation sites excluding steroid dienone is 2. The summed E-state index contributed by atoms with van der Waals surface area (Å²) in [6.45, 7) is 0.962. The molecule has 2 aromatic rings. The number of ether oxygens (including phenoxy) is 1. The van der Waals surface area contributed by atoms with Crippen LogP contribution in [0.1, 0.15) is 37.5 Å². The van der Waals surface area contributed by atoms with Crippen LogP contribution in [0.4, 0.5) is 4.79 Å². The zero-order valence-electron chi connectivity index (χ0n) is 14.1. The van der Waals surface area contributed by atoms with Gasteiger partial charge in [0.25, 0.3) is 0 Å². The molecule has 0 bridgehead atoms. The molecule has 0 radical (unpaired) electrons. The minimum absolute atomic E-state index is 0.143. The second-order valence-electron chi connectivity index (χ2n) is 6.36. The molecule has 1 unspecified atom stereocenters. The van der Waals surface area contributed by atoms with E-state index < -0.39 is 0 Å². The monoisotopic (exact) mass is 436 g/mol. The molecule has 0 spiro atoms. The third-order valence-electron chi connectivity index (χ3n) is 4.71. The van der Waals surface area contributed by atoms with Gasteiger partial charge in [-0.15, -0.1) is 0 Å². The zero-order valence-corrected chi connectivity index (χ0v) is 16.4. The molecule has 2 aliphatic rings. The third kappa shape index (κ3) is 3.25. The number of carbonyl (C=O) groups is 1. The molecule has 1 aliphatic heterocycles. The van der Waals surface area contributed by atoms with E-state index in [9.17, 15) is 4.79 Å². The van der Waals surface area contributed by atoms with Crippen LogP contribution in [-0.4, -0.2) is 38.5 Å². The van der Waals surface area contributed by atoms with Gasteiger partial charge in [-0.05, 0) is 47.2 Å². The molecule has 1 amide bonds. The van der Waals surface area contributed by atoms with Crippen molar-refractivity contribution in [2.45, 2.75) is 31.7 Å². The molecule has 0 N–H and O–H groups in total. The van der Waals surface area contributed by atoms with Gasteiger partial charge in [0.1, 0.15) is 22.6 Å². The number of carbonyl (C=O) groups excluding carboxylic acids is 1. The predicted octanol–water partition coefficient (Wildman–Crippen LogP) is 4.70. The van der Waals surface area contributed by atoms with Crippen molar-refractivity contribution in [1.82, 2.24) is 19.3 Å². The van der Waals surface area contributed by atoms with Gasteiger partial charge in [0.05, 0.1) is 6.04 Å². The summed E-state index contributed by atoms with van der Waals surface area (Å²) in [7, 11) is 0. The lowest BCUT2D eigenvalue weighted by atomic mass is 10.1. The summed E-state index contributed by atoms with van der Waals surface area (Å²) in [6.07, 6.45) is 13.2. The molecular formula is C18H18BrClN4O2. The predicted molar refractivity (Wildman–Crippen MR) is 102 cm³/mol. The highest BCUT2D eigenvalue weighted by molar-refractivity contribution is 9.10. The van der Waals surface area contributed by atoms with Gasteiger partial charge in [-0.25, -0.2) is 14.8 Å². The number of rotatable bonds is 3. The molecule has 136 valence electrons. The Kier molecular flexibility index (Phi) is 5.00. The third-order valence-corrected chi connectivity index (χ3v) is 5.54. The quantitative estimate of drug-likeness (QED) is 0.698. The Labute approximate surface area is 164 Å². The van der Waals surface area contributed by atoms with Crippen LogP contribution in [0.25, 0.3) is 5.52 Å². The average molecular weight is 438 g/mol. The fourth-order valence-corrected chi connectivity index (χ4v) is 4.39. The van der Waals surface area contributed by atoms with E-state index >= 15 is 0 Å². The van der Waals surface area contributed by atoms with Crippen LogP contribution in [0, 0.1) is 0 Å². The normalized spacial score (nSPS) is 19.8. The van der Waals surface area contributed by atoms with Crippen LogP contribution in [0.15, 0.2) is 40.8 Å². The van der Waals surface area contributed by atoms with Crippen LogP contribution in [0.2, 0.25) is 5.15 Å². The topological polar surface area (TPSA) is 59.7 Å². The smallest absolute Gasteiger partial charge is 0.410 e. The number of hydrogen-bond donors (Lipinski definition) is 0. The van der Waals surface area contributed by atoms with Crippen molar-refractivity contribution >= 4 is 39.1 Å². The van der Waals surface area contributed by atoms with Gasteiger partial charge >= 0.3 is 6.09 Å². The van der Waals surface area contributed by atoms with Crippen LogP contribution in [0.3, 0.4) is 0 Å². The average Bonchev–Trinajstić information content (AvgIpc) is 3.26. The van der Waals surface area contributed by atoms with E-state index in [0.717, 1.165) is 37.1 Å². The molecule has 1 aliphatic carbocycles. The van der Waals surface area contributed by atoms with Crippen LogP contribution in [0.5, 0.6) is 0 Å². The first-order chi connectivity index (χ1) is 12.6. The molecule has 0 saturated carbocycles. The van der Waals surface area contributed by atoms with Crippen molar-refractivity contribution in [2.75, 3.05) is 13.2 Å². The van der Waals surface area contributed by atoms with E-state index in [4.69, 9.17) is 16.3 Å². The zero-order chi connectivity index (χ0) is 18.1. The molecular weight excluding hydrogens is 420 g/mol. The van der Waals surface area contributed by atoms with Gasteiger partial charge in [0, 0.05) is 18.9 Å². The fraction of sp³-hybridized carbons (Fsp3) is 0.389. The first-order valence-electron chi connectivity index (χ1n) is 8.62. The number of amides is 1. The molecule has 3 heterocycles. The van der Waals surface area contributed by atoms with Crippen molar-refractivity contribution in [3.05, 3.63) is 51.8 Å². The van der Waals surface area contributed by atoms with Crippen LogP contribution < -0.4 is 0 Å². The SMILES string of the molecule is O=C(OCC1=CCCC=C1)N1CCCC1c1nc(Br)c2c(Cl)nccn12. The Hall–Kier alpha value is -1.86. The number of imidazole rings is 1. The van der Waals surface area contributed by atoms with Crippen molar-refractivity contribution in [1.29, 1.82) is 0 Å². The number of likely N-dealkylation sites (tertiary alicyclic amines) is 1. The van der Waals surface area contributed by atoms with Gasteiger partial charge < -0.3 is 4.74 Å². The largest absolute Gasteiger partial charge is 0.445 e. The lowest BCUT2D eigenvalue weighted by Gasteiger charge is -2.23. The van der Waals surface area contributed by atoms with Gasteiger partial charge in [-0.2, -0.15) is 0 Å². The van der Waals surface area contributed by atoms with E-state index in [1.807, 2.05) is 16.7 Å². The molecule has 1 atom stereocenters. The summed E-state index contributed by atoms with van der Waals surface area (Å²) in [4.78, 5) is 23.1. The Balaban J connectivity index is 1.55. The summed E-state index contributed by atoms with van der Waals surface area (Å²) in [5.41, 5.74) is 1.76. The molecule has 8 heteroatoms. The molecule has 6 nitrogen and oxygen atoms in total. The van der Waals surface area contributed by atoms with Gasteiger partial charge in [-0.3, -0.25) is 9.30 Å². The maximum Gasteiger partial charge on any atom is 0.410 e. The lowest BCUT2D eigenvalue weighted by Crippen LogP contribution is -2.32. The van der Waals surface area contributed by atoms with Gasteiger partial charge in [-0.1, -0.05) is 29.8 Å². The first kappa shape index (κ1) is 17.5. The maximum absolute atomic E-state index is 12.6. The minimum atomic E-state index is -0.305. The van der Waals surface area contributed by atoms with Gasteiger partial charge in [0.2, 0.25) is 0 Å². The number of nitrogens with zero attached hydrogens (tertiary/aromatic N) is 4. The number of fused-ring (bicyclic) bond motifs is 1. The number of halogens is 2. The highest BCUT2D eigenvalue weighted by atomic mass is 79.9. The van der Waals surface area contributed by atoms with E-state index in [-0.39, 0.29) is 12.1 Å². The molecule has 0 aromatic carbocycles. The van der Waals surface area contributed by atoms with Crippen molar-refractivity contribution in [3.8, 4) is 0 Å². The van der Waals surface area contributed by atoms with E-state index in [2.05, 4.69) is 38.0 Å². The first-order valence-corrected chi connectivity index (χ1v) is 9.79. The summed E-state index contributed by atoms with van der Waals surface area (Å²) >= 11 is 9.65. The Bertz CT molecular complexity index is 908. The fourth-order valence-electron chi connectivity index (χ4n) is 3.47. The number of aromatic nitrogens is 3. The Morgan fingerprint density at radius 1 is 1.42 bits per heavy atom. The highest BCUT2D eigenvalue weighted by Gasteiger charge is 2.34. The van der Waals surface area contributed by atoms with Crippen molar-refractivity contribution in [2.24, 2.45) is 0 Å².